The van der Waals surface area contributed by atoms with Gasteiger partial charge in [0.15, 0.2) is 0 Å². The summed E-state index contributed by atoms with van der Waals surface area (Å²) in [5.41, 5.74) is 0.780. The molecule has 5 heteroatoms. The van der Waals surface area contributed by atoms with Crippen LogP contribution in [0.25, 0.3) is 5.65 Å². The van der Waals surface area contributed by atoms with Crippen LogP contribution in [0.2, 0.25) is 0 Å². The first-order chi connectivity index (χ1) is 9.85. The second-order valence-electron chi connectivity index (χ2n) is 4.93. The van der Waals surface area contributed by atoms with Gasteiger partial charge in [0.1, 0.15) is 5.82 Å². The molecular weight excluding hydrogens is 252 g/mol. The van der Waals surface area contributed by atoms with Crippen molar-refractivity contribution in [2.24, 2.45) is 0 Å². The van der Waals surface area contributed by atoms with Gasteiger partial charge in [-0.05, 0) is 12.8 Å². The highest BCUT2D eigenvalue weighted by atomic mass is 16.5. The lowest BCUT2D eigenvalue weighted by molar-refractivity contribution is 0.296. The molecule has 0 unspecified atom stereocenters. The van der Waals surface area contributed by atoms with Crippen molar-refractivity contribution in [3.63, 3.8) is 0 Å². The largest absolute Gasteiger partial charge is 0.475 e. The van der Waals surface area contributed by atoms with Gasteiger partial charge in [-0.2, -0.15) is 4.98 Å². The SMILES string of the molecule is CCCCCCOc1nc(NCCC)cn2ccnc12. The van der Waals surface area contributed by atoms with Crippen molar-refractivity contribution < 1.29 is 4.74 Å². The zero-order chi connectivity index (χ0) is 14.2. The van der Waals surface area contributed by atoms with Crippen molar-refractivity contribution in [3.05, 3.63) is 18.6 Å². The van der Waals surface area contributed by atoms with Crippen LogP contribution in [0.4, 0.5) is 5.82 Å². The first-order valence-electron chi connectivity index (χ1n) is 7.55. The summed E-state index contributed by atoms with van der Waals surface area (Å²) in [4.78, 5) is 8.81. The van der Waals surface area contributed by atoms with Crippen molar-refractivity contribution >= 4 is 11.5 Å². The van der Waals surface area contributed by atoms with Crippen molar-refractivity contribution in [1.82, 2.24) is 14.4 Å². The second kappa shape index (κ2) is 7.72. The van der Waals surface area contributed by atoms with E-state index in [1.807, 2.05) is 16.8 Å². The van der Waals surface area contributed by atoms with E-state index in [-0.39, 0.29) is 0 Å². The van der Waals surface area contributed by atoms with E-state index in [1.54, 1.807) is 6.20 Å². The number of imidazole rings is 1. The summed E-state index contributed by atoms with van der Waals surface area (Å²) in [6.45, 7) is 5.95. The fourth-order valence-corrected chi connectivity index (χ4v) is 2.04. The molecule has 0 aliphatic carbocycles. The molecule has 0 saturated carbocycles. The summed E-state index contributed by atoms with van der Waals surface area (Å²) in [6.07, 6.45) is 11.5. The maximum absolute atomic E-state index is 5.81. The molecule has 0 atom stereocenters. The van der Waals surface area contributed by atoms with Crippen LogP contribution in [0.3, 0.4) is 0 Å². The Morgan fingerprint density at radius 1 is 1.20 bits per heavy atom. The van der Waals surface area contributed by atoms with Gasteiger partial charge in [0, 0.05) is 18.9 Å². The Kier molecular flexibility index (Phi) is 5.65. The number of rotatable bonds is 9. The molecular formula is C15H24N4O. The molecule has 0 fully saturated rings. The smallest absolute Gasteiger partial charge is 0.260 e. The van der Waals surface area contributed by atoms with E-state index in [2.05, 4.69) is 29.1 Å². The Labute approximate surface area is 120 Å². The molecule has 0 aromatic carbocycles. The highest BCUT2D eigenvalue weighted by molar-refractivity contribution is 5.53. The predicted molar refractivity (Wildman–Crippen MR) is 81.4 cm³/mol. The highest BCUT2D eigenvalue weighted by Gasteiger charge is 2.08. The van der Waals surface area contributed by atoms with Crippen LogP contribution in [-0.4, -0.2) is 27.5 Å². The molecule has 0 saturated heterocycles. The molecule has 110 valence electrons. The number of ether oxygens (including phenoxy) is 1. The number of hydrogen-bond acceptors (Lipinski definition) is 4. The normalized spacial score (nSPS) is 10.9. The number of anilines is 1. The van der Waals surface area contributed by atoms with E-state index in [9.17, 15) is 0 Å². The minimum absolute atomic E-state index is 0.618. The van der Waals surface area contributed by atoms with Gasteiger partial charge in [-0.1, -0.05) is 33.1 Å². The minimum Gasteiger partial charge on any atom is -0.475 e. The molecule has 2 aromatic heterocycles. The van der Waals surface area contributed by atoms with Gasteiger partial charge in [-0.25, -0.2) is 4.98 Å². The zero-order valence-corrected chi connectivity index (χ0v) is 12.4. The predicted octanol–water partition coefficient (Wildman–Crippen LogP) is 3.51. The monoisotopic (exact) mass is 276 g/mol. The van der Waals surface area contributed by atoms with Gasteiger partial charge in [-0.15, -0.1) is 0 Å². The quantitative estimate of drug-likeness (QED) is 0.712. The maximum Gasteiger partial charge on any atom is 0.260 e. The molecule has 5 nitrogen and oxygen atoms in total. The third kappa shape index (κ3) is 3.85. The Bertz CT molecular complexity index is 524. The third-order valence-electron chi connectivity index (χ3n) is 3.14. The van der Waals surface area contributed by atoms with Gasteiger partial charge >= 0.3 is 0 Å². The lowest BCUT2D eigenvalue weighted by Crippen LogP contribution is -2.07. The maximum atomic E-state index is 5.81. The Balaban J connectivity index is 2.03. The average molecular weight is 276 g/mol. The number of nitrogens with zero attached hydrogens (tertiary/aromatic N) is 3. The molecule has 0 radical (unpaired) electrons. The summed E-state index contributed by atoms with van der Waals surface area (Å²) >= 11 is 0. The van der Waals surface area contributed by atoms with Crippen LogP contribution in [0.15, 0.2) is 18.6 Å². The van der Waals surface area contributed by atoms with Crippen molar-refractivity contribution in [2.45, 2.75) is 46.0 Å². The van der Waals surface area contributed by atoms with E-state index >= 15 is 0 Å². The zero-order valence-electron chi connectivity index (χ0n) is 12.4. The van der Waals surface area contributed by atoms with Crippen LogP contribution in [-0.2, 0) is 0 Å². The molecule has 0 spiro atoms. The lowest BCUT2D eigenvalue weighted by atomic mass is 10.2. The molecule has 2 rings (SSSR count). The highest BCUT2D eigenvalue weighted by Crippen LogP contribution is 2.19. The lowest BCUT2D eigenvalue weighted by Gasteiger charge is -2.10. The number of fused-ring (bicyclic) bond motifs is 1. The van der Waals surface area contributed by atoms with E-state index in [0.717, 1.165) is 30.9 Å². The van der Waals surface area contributed by atoms with Crippen molar-refractivity contribution in [2.75, 3.05) is 18.5 Å². The van der Waals surface area contributed by atoms with Crippen LogP contribution in [0.5, 0.6) is 5.88 Å². The first-order valence-corrected chi connectivity index (χ1v) is 7.55. The van der Waals surface area contributed by atoms with E-state index in [0.29, 0.717) is 12.5 Å². The van der Waals surface area contributed by atoms with E-state index in [4.69, 9.17) is 4.74 Å². The molecule has 0 aliphatic rings. The molecule has 2 aromatic rings. The van der Waals surface area contributed by atoms with E-state index in [1.165, 1.54) is 19.3 Å². The third-order valence-corrected chi connectivity index (χ3v) is 3.14. The van der Waals surface area contributed by atoms with Gasteiger partial charge in [0.05, 0.1) is 12.8 Å². The van der Waals surface area contributed by atoms with Gasteiger partial charge in [0.25, 0.3) is 5.88 Å². The van der Waals surface area contributed by atoms with Gasteiger partial charge < -0.3 is 10.1 Å². The Hall–Kier alpha value is -1.78. The van der Waals surface area contributed by atoms with Crippen LogP contribution < -0.4 is 10.1 Å². The van der Waals surface area contributed by atoms with Crippen molar-refractivity contribution in [3.8, 4) is 5.88 Å². The number of aromatic nitrogens is 3. The fourth-order valence-electron chi connectivity index (χ4n) is 2.04. The summed E-state index contributed by atoms with van der Waals surface area (Å²) < 4.78 is 7.76. The minimum atomic E-state index is 0.618. The van der Waals surface area contributed by atoms with E-state index < -0.39 is 0 Å². The number of nitrogens with one attached hydrogen (secondary N) is 1. The molecule has 0 aliphatic heterocycles. The topological polar surface area (TPSA) is 51.5 Å². The first kappa shape index (κ1) is 14.6. The van der Waals surface area contributed by atoms with Crippen LogP contribution in [0, 0.1) is 0 Å². The van der Waals surface area contributed by atoms with Crippen LogP contribution in [0.1, 0.15) is 46.0 Å². The standard InChI is InChI=1S/C15H24N4O/c1-3-5-6-7-11-20-15-14-17-9-10-19(14)12-13(18-15)16-8-4-2/h9-10,12,16H,3-8,11H2,1-2H3. The molecule has 0 bridgehead atoms. The average Bonchev–Trinajstić information content (AvgIpc) is 2.93. The summed E-state index contributed by atoms with van der Waals surface area (Å²) in [5.74, 6) is 1.45. The number of hydrogen-bond donors (Lipinski definition) is 1. The molecule has 0 amide bonds. The van der Waals surface area contributed by atoms with Gasteiger partial charge in [-0.3, -0.25) is 4.40 Å². The Morgan fingerprint density at radius 2 is 2.10 bits per heavy atom. The van der Waals surface area contributed by atoms with Gasteiger partial charge in [0.2, 0.25) is 5.65 Å². The second-order valence-corrected chi connectivity index (χ2v) is 4.93. The van der Waals surface area contributed by atoms with Crippen molar-refractivity contribution in [1.29, 1.82) is 0 Å². The summed E-state index contributed by atoms with van der Waals surface area (Å²) in [6, 6.07) is 0. The fraction of sp³-hybridized carbons (Fsp3) is 0.600. The molecule has 20 heavy (non-hydrogen) atoms. The summed E-state index contributed by atoms with van der Waals surface area (Å²) in [7, 11) is 0. The molecule has 1 N–H and O–H groups in total. The Morgan fingerprint density at radius 3 is 2.90 bits per heavy atom. The number of unbranched alkanes of at least 4 members (excludes halogenated alkanes) is 3. The summed E-state index contributed by atoms with van der Waals surface area (Å²) in [5, 5.41) is 3.29. The van der Waals surface area contributed by atoms with Crippen LogP contribution >= 0.6 is 0 Å². The molecule has 2 heterocycles.